The van der Waals surface area contributed by atoms with Gasteiger partial charge < -0.3 is 0 Å². The first-order chi connectivity index (χ1) is 9.16. The molecule has 1 aliphatic carbocycles. The highest BCUT2D eigenvalue weighted by molar-refractivity contribution is 9.10. The van der Waals surface area contributed by atoms with Crippen molar-refractivity contribution in [3.05, 3.63) is 46.5 Å². The summed E-state index contributed by atoms with van der Waals surface area (Å²) >= 11 is 3.30. The van der Waals surface area contributed by atoms with Gasteiger partial charge in [0.05, 0.1) is 0 Å². The van der Waals surface area contributed by atoms with E-state index in [2.05, 4.69) is 32.9 Å². The van der Waals surface area contributed by atoms with Gasteiger partial charge in [-0.1, -0.05) is 28.1 Å². The highest BCUT2D eigenvalue weighted by Crippen LogP contribution is 2.17. The molecule has 4 nitrogen and oxygen atoms in total. The molecule has 19 heavy (non-hydrogen) atoms. The van der Waals surface area contributed by atoms with Gasteiger partial charge >= 0.3 is 0 Å². The van der Waals surface area contributed by atoms with Gasteiger partial charge in [0, 0.05) is 16.0 Å². The maximum Gasteiger partial charge on any atom is 0.269 e. The van der Waals surface area contributed by atoms with E-state index in [0.717, 1.165) is 23.7 Å². The van der Waals surface area contributed by atoms with Gasteiger partial charge in [0.15, 0.2) is 0 Å². The summed E-state index contributed by atoms with van der Waals surface area (Å²) in [6, 6.07) is 6.94. The summed E-state index contributed by atoms with van der Waals surface area (Å²) in [5.74, 6) is -0.489. The Kier molecular flexibility index (Phi) is 4.74. The number of hydrazine groups is 1. The van der Waals surface area contributed by atoms with Crippen LogP contribution in [0.3, 0.4) is 0 Å². The van der Waals surface area contributed by atoms with E-state index in [4.69, 9.17) is 0 Å². The zero-order valence-corrected chi connectivity index (χ0v) is 11.9. The van der Waals surface area contributed by atoms with Gasteiger partial charge in [-0.2, -0.15) is 0 Å². The van der Waals surface area contributed by atoms with Crippen LogP contribution in [0.25, 0.3) is 0 Å². The molecule has 2 N–H and O–H groups in total. The summed E-state index contributed by atoms with van der Waals surface area (Å²) in [7, 11) is 0. The number of nitrogens with one attached hydrogen (secondary N) is 2. The first kappa shape index (κ1) is 13.8. The first-order valence-electron chi connectivity index (χ1n) is 6.17. The molecule has 0 spiro atoms. The molecule has 0 fully saturated rings. The molecular formula is C14H15BrN2O2. The second-order valence-corrected chi connectivity index (χ2v) is 5.35. The van der Waals surface area contributed by atoms with Crippen LogP contribution in [-0.2, 0) is 4.79 Å². The van der Waals surface area contributed by atoms with Crippen LogP contribution in [0.4, 0.5) is 0 Å². The van der Waals surface area contributed by atoms with E-state index in [1.165, 1.54) is 0 Å². The van der Waals surface area contributed by atoms with E-state index in [9.17, 15) is 9.59 Å². The van der Waals surface area contributed by atoms with Crippen molar-refractivity contribution in [2.24, 2.45) is 5.92 Å². The van der Waals surface area contributed by atoms with Crippen molar-refractivity contribution >= 4 is 27.7 Å². The molecule has 1 unspecified atom stereocenters. The fraction of sp³-hybridized carbons (Fsp3) is 0.286. The Morgan fingerprint density at radius 2 is 1.84 bits per heavy atom. The summed E-state index contributed by atoms with van der Waals surface area (Å²) in [6.45, 7) is 0. The number of halogens is 1. The molecule has 0 aliphatic heterocycles. The maximum absolute atomic E-state index is 11.8. The van der Waals surface area contributed by atoms with Crippen molar-refractivity contribution < 1.29 is 9.59 Å². The van der Waals surface area contributed by atoms with Gasteiger partial charge in [-0.15, -0.1) is 0 Å². The Bertz CT molecular complexity index is 497. The minimum atomic E-state index is -0.313. The molecular weight excluding hydrogens is 308 g/mol. The molecule has 1 aromatic carbocycles. The van der Waals surface area contributed by atoms with E-state index in [0.29, 0.717) is 5.56 Å². The van der Waals surface area contributed by atoms with Crippen molar-refractivity contribution in [2.45, 2.75) is 19.3 Å². The third-order valence-corrected chi connectivity index (χ3v) is 3.57. The molecule has 100 valence electrons. The number of carbonyl (C=O) groups excluding carboxylic acids is 2. The van der Waals surface area contributed by atoms with Crippen LogP contribution in [0.1, 0.15) is 29.6 Å². The molecule has 2 amide bonds. The van der Waals surface area contributed by atoms with E-state index in [1.807, 2.05) is 6.08 Å². The Hall–Kier alpha value is -1.62. The Labute approximate surface area is 120 Å². The van der Waals surface area contributed by atoms with Crippen LogP contribution in [0.15, 0.2) is 40.9 Å². The number of benzene rings is 1. The first-order valence-corrected chi connectivity index (χ1v) is 6.97. The second kappa shape index (κ2) is 6.52. The largest absolute Gasteiger partial charge is 0.273 e. The summed E-state index contributed by atoms with van der Waals surface area (Å²) in [4.78, 5) is 23.6. The lowest BCUT2D eigenvalue weighted by Crippen LogP contribution is -2.44. The SMILES string of the molecule is O=C(NNC(=O)C1CC=CCC1)c1ccc(Br)cc1. The quantitative estimate of drug-likeness (QED) is 0.649. The molecule has 0 saturated heterocycles. The lowest BCUT2D eigenvalue weighted by molar-refractivity contribution is -0.126. The summed E-state index contributed by atoms with van der Waals surface area (Å²) < 4.78 is 0.905. The van der Waals surface area contributed by atoms with Crippen LogP contribution in [0.5, 0.6) is 0 Å². The average Bonchev–Trinajstić information content (AvgIpc) is 2.46. The number of rotatable bonds is 2. The number of allylic oxidation sites excluding steroid dienone is 2. The highest BCUT2D eigenvalue weighted by Gasteiger charge is 2.19. The lowest BCUT2D eigenvalue weighted by atomic mass is 9.94. The molecule has 5 heteroatoms. The third kappa shape index (κ3) is 3.92. The van der Waals surface area contributed by atoms with Crippen LogP contribution >= 0.6 is 15.9 Å². The molecule has 0 saturated carbocycles. The Morgan fingerprint density at radius 3 is 2.47 bits per heavy atom. The predicted molar refractivity (Wildman–Crippen MR) is 76.2 cm³/mol. The molecule has 1 atom stereocenters. The molecule has 0 aromatic heterocycles. The van der Waals surface area contributed by atoms with E-state index < -0.39 is 0 Å². The lowest BCUT2D eigenvalue weighted by Gasteiger charge is -2.17. The topological polar surface area (TPSA) is 58.2 Å². The van der Waals surface area contributed by atoms with Gasteiger partial charge in [-0.3, -0.25) is 20.4 Å². The Balaban J connectivity index is 1.84. The van der Waals surface area contributed by atoms with Crippen LogP contribution in [-0.4, -0.2) is 11.8 Å². The third-order valence-electron chi connectivity index (χ3n) is 3.05. The number of hydrogen-bond donors (Lipinski definition) is 2. The van der Waals surface area contributed by atoms with Crippen LogP contribution in [0.2, 0.25) is 0 Å². The van der Waals surface area contributed by atoms with Gasteiger partial charge in [0.2, 0.25) is 5.91 Å². The van der Waals surface area contributed by atoms with Gasteiger partial charge in [-0.25, -0.2) is 0 Å². The van der Waals surface area contributed by atoms with E-state index in [-0.39, 0.29) is 17.7 Å². The van der Waals surface area contributed by atoms with Crippen molar-refractivity contribution in [1.82, 2.24) is 10.9 Å². The van der Waals surface area contributed by atoms with Crippen molar-refractivity contribution in [2.75, 3.05) is 0 Å². The molecule has 2 rings (SSSR count). The van der Waals surface area contributed by atoms with Crippen molar-refractivity contribution in [3.63, 3.8) is 0 Å². The Morgan fingerprint density at radius 1 is 1.11 bits per heavy atom. The van der Waals surface area contributed by atoms with Crippen LogP contribution < -0.4 is 10.9 Å². The summed E-state index contributed by atoms with van der Waals surface area (Å²) in [5.41, 5.74) is 5.43. The zero-order valence-electron chi connectivity index (χ0n) is 10.4. The number of hydrogen-bond acceptors (Lipinski definition) is 2. The normalized spacial score (nSPS) is 17.8. The van der Waals surface area contributed by atoms with Gasteiger partial charge in [-0.05, 0) is 43.5 Å². The minimum Gasteiger partial charge on any atom is -0.273 e. The van der Waals surface area contributed by atoms with Crippen molar-refractivity contribution in [1.29, 1.82) is 0 Å². The molecule has 1 aromatic rings. The van der Waals surface area contributed by atoms with Crippen molar-refractivity contribution in [3.8, 4) is 0 Å². The standard InChI is InChI=1S/C14H15BrN2O2/c15-12-8-6-11(7-9-12)14(19)17-16-13(18)10-4-2-1-3-5-10/h1-2,6-10H,3-5H2,(H,16,18)(H,17,19). The summed E-state index contributed by atoms with van der Waals surface area (Å²) in [6.07, 6.45) is 6.56. The fourth-order valence-corrected chi connectivity index (χ4v) is 2.19. The number of amides is 2. The predicted octanol–water partition coefficient (Wildman–Crippen LogP) is 2.57. The van der Waals surface area contributed by atoms with Gasteiger partial charge in [0.1, 0.15) is 0 Å². The number of carbonyl (C=O) groups is 2. The second-order valence-electron chi connectivity index (χ2n) is 4.43. The minimum absolute atomic E-state index is 0.0461. The maximum atomic E-state index is 11.8. The molecule has 0 heterocycles. The molecule has 0 radical (unpaired) electrons. The highest BCUT2D eigenvalue weighted by atomic mass is 79.9. The fourth-order valence-electron chi connectivity index (χ4n) is 1.93. The van der Waals surface area contributed by atoms with Gasteiger partial charge in [0.25, 0.3) is 5.91 Å². The monoisotopic (exact) mass is 322 g/mol. The average molecular weight is 323 g/mol. The van der Waals surface area contributed by atoms with Crippen LogP contribution in [0, 0.1) is 5.92 Å². The summed E-state index contributed by atoms with van der Waals surface area (Å²) in [5, 5.41) is 0. The van der Waals surface area contributed by atoms with E-state index in [1.54, 1.807) is 24.3 Å². The molecule has 0 bridgehead atoms. The van der Waals surface area contributed by atoms with E-state index >= 15 is 0 Å². The molecule has 1 aliphatic rings. The zero-order chi connectivity index (χ0) is 13.7. The smallest absolute Gasteiger partial charge is 0.269 e.